The van der Waals surface area contributed by atoms with E-state index < -0.39 is 28.8 Å². The van der Waals surface area contributed by atoms with E-state index in [0.717, 1.165) is 0 Å². The van der Waals surface area contributed by atoms with E-state index in [1.807, 2.05) is 0 Å². The summed E-state index contributed by atoms with van der Waals surface area (Å²) in [6.07, 6.45) is -3.83. The Bertz CT molecular complexity index is 598. The molecule has 0 aliphatic carbocycles. The largest absolute Gasteiger partial charge is 0.497 e. The van der Waals surface area contributed by atoms with Gasteiger partial charge >= 0.3 is 6.09 Å². The molecular formula is C15H22N2O7. The van der Waals surface area contributed by atoms with Crippen LogP contribution < -0.4 is 10.1 Å². The maximum Gasteiger partial charge on any atom is 0.407 e. The number of aliphatic hydroxyl groups excluding tert-OH is 2. The van der Waals surface area contributed by atoms with Crippen LogP contribution in [0, 0.1) is 10.1 Å². The highest BCUT2D eigenvalue weighted by atomic mass is 16.6. The third kappa shape index (κ3) is 5.67. The summed E-state index contributed by atoms with van der Waals surface area (Å²) in [4.78, 5) is 21.9. The third-order valence-electron chi connectivity index (χ3n) is 2.97. The second-order valence-electron chi connectivity index (χ2n) is 6.08. The number of ether oxygens (including phenoxy) is 2. The molecule has 9 nitrogen and oxygen atoms in total. The Labute approximate surface area is 139 Å². The van der Waals surface area contributed by atoms with Crippen molar-refractivity contribution in [1.82, 2.24) is 5.32 Å². The lowest BCUT2D eigenvalue weighted by molar-refractivity contribution is -0.386. The van der Waals surface area contributed by atoms with E-state index in [1.54, 1.807) is 20.8 Å². The molecule has 1 rings (SSSR count). The molecule has 2 unspecified atom stereocenters. The van der Waals surface area contributed by atoms with Crippen molar-refractivity contribution in [3.05, 3.63) is 33.9 Å². The molecule has 1 aromatic rings. The molecule has 0 aliphatic heterocycles. The Hall–Kier alpha value is -2.39. The number of carbonyl (C=O) groups is 1. The van der Waals surface area contributed by atoms with Crippen LogP contribution in [0.25, 0.3) is 0 Å². The molecule has 9 heteroatoms. The number of alkyl carbamates (subject to hydrolysis) is 1. The molecule has 3 N–H and O–H groups in total. The summed E-state index contributed by atoms with van der Waals surface area (Å²) in [6.45, 7) is 4.69. The molecular weight excluding hydrogens is 320 g/mol. The molecule has 2 atom stereocenters. The van der Waals surface area contributed by atoms with Gasteiger partial charge in [-0.1, -0.05) is 0 Å². The number of methoxy groups -OCH3 is 1. The molecule has 0 aromatic heterocycles. The lowest BCUT2D eigenvalue weighted by Crippen LogP contribution is -2.39. The van der Waals surface area contributed by atoms with E-state index in [4.69, 9.17) is 9.47 Å². The highest BCUT2D eigenvalue weighted by Crippen LogP contribution is 2.30. The highest BCUT2D eigenvalue weighted by Gasteiger charge is 2.28. The fraction of sp³-hybridized carbons (Fsp3) is 0.533. The Morgan fingerprint density at radius 1 is 1.38 bits per heavy atom. The van der Waals surface area contributed by atoms with Crippen molar-refractivity contribution in [2.24, 2.45) is 0 Å². The number of nitro benzene ring substituents is 1. The minimum atomic E-state index is -1.59. The average molecular weight is 342 g/mol. The SMILES string of the molecule is COc1ccc([N+](=O)[O-])c(C(O)C(O)CNC(=O)OC(C)(C)C)c1. The number of aliphatic hydroxyl groups is 2. The molecule has 134 valence electrons. The van der Waals surface area contributed by atoms with E-state index in [1.165, 1.54) is 25.3 Å². The average Bonchev–Trinajstić information content (AvgIpc) is 2.49. The first-order valence-corrected chi connectivity index (χ1v) is 7.20. The van der Waals surface area contributed by atoms with Crippen LogP contribution in [-0.2, 0) is 4.74 Å². The van der Waals surface area contributed by atoms with Gasteiger partial charge in [0.2, 0.25) is 0 Å². The van der Waals surface area contributed by atoms with Gasteiger partial charge in [-0.05, 0) is 32.9 Å². The predicted octanol–water partition coefficient (Wildman–Crippen LogP) is 1.52. The molecule has 0 bridgehead atoms. The summed E-state index contributed by atoms with van der Waals surface area (Å²) in [7, 11) is 1.37. The van der Waals surface area contributed by atoms with Gasteiger partial charge in [-0.15, -0.1) is 0 Å². The van der Waals surface area contributed by atoms with Crippen LogP contribution in [0.4, 0.5) is 10.5 Å². The van der Waals surface area contributed by atoms with E-state index in [9.17, 15) is 25.1 Å². The monoisotopic (exact) mass is 342 g/mol. The summed E-state index contributed by atoms with van der Waals surface area (Å²) in [5.74, 6) is 0.293. The molecule has 1 amide bonds. The summed E-state index contributed by atoms with van der Waals surface area (Å²) in [6, 6.07) is 3.81. The second kappa shape index (κ2) is 7.93. The highest BCUT2D eigenvalue weighted by molar-refractivity contribution is 5.67. The minimum Gasteiger partial charge on any atom is -0.497 e. The van der Waals surface area contributed by atoms with E-state index in [-0.39, 0.29) is 17.8 Å². The number of nitro groups is 1. The second-order valence-corrected chi connectivity index (χ2v) is 6.08. The van der Waals surface area contributed by atoms with Crippen LogP contribution in [0.5, 0.6) is 5.75 Å². The van der Waals surface area contributed by atoms with Gasteiger partial charge in [0.25, 0.3) is 5.69 Å². The van der Waals surface area contributed by atoms with Crippen LogP contribution in [-0.4, -0.2) is 46.6 Å². The number of amides is 1. The van der Waals surface area contributed by atoms with Crippen molar-refractivity contribution in [2.45, 2.75) is 38.6 Å². The Balaban J connectivity index is 2.83. The molecule has 1 aromatic carbocycles. The van der Waals surface area contributed by atoms with Crippen LogP contribution in [0.3, 0.4) is 0 Å². The number of hydrogen-bond donors (Lipinski definition) is 3. The van der Waals surface area contributed by atoms with Gasteiger partial charge in [0.1, 0.15) is 23.6 Å². The first-order chi connectivity index (χ1) is 11.0. The number of hydrogen-bond acceptors (Lipinski definition) is 7. The first kappa shape index (κ1) is 19.7. The van der Waals surface area contributed by atoms with E-state index in [0.29, 0.717) is 5.75 Å². The Kier molecular flexibility index (Phi) is 6.50. The van der Waals surface area contributed by atoms with Gasteiger partial charge in [-0.25, -0.2) is 4.79 Å². The van der Waals surface area contributed by atoms with Crippen LogP contribution in [0.15, 0.2) is 18.2 Å². The molecule has 0 radical (unpaired) electrons. The number of nitrogens with one attached hydrogen (secondary N) is 1. The summed E-state index contributed by atoms with van der Waals surface area (Å²) in [5, 5.41) is 33.5. The molecule has 0 fully saturated rings. The normalized spacial score (nSPS) is 13.8. The van der Waals surface area contributed by atoms with Crippen molar-refractivity contribution >= 4 is 11.8 Å². The molecule has 0 spiro atoms. The van der Waals surface area contributed by atoms with Crippen molar-refractivity contribution in [2.75, 3.05) is 13.7 Å². The lowest BCUT2D eigenvalue weighted by Gasteiger charge is -2.22. The maximum atomic E-state index is 11.5. The lowest BCUT2D eigenvalue weighted by atomic mass is 10.0. The molecule has 0 heterocycles. The van der Waals surface area contributed by atoms with Crippen molar-refractivity contribution in [3.63, 3.8) is 0 Å². The van der Waals surface area contributed by atoms with Gasteiger partial charge in [0, 0.05) is 12.6 Å². The zero-order valence-corrected chi connectivity index (χ0v) is 14.0. The van der Waals surface area contributed by atoms with E-state index >= 15 is 0 Å². The number of rotatable bonds is 6. The van der Waals surface area contributed by atoms with Crippen molar-refractivity contribution in [3.8, 4) is 5.75 Å². The van der Waals surface area contributed by atoms with Crippen LogP contribution in [0.1, 0.15) is 32.4 Å². The smallest absolute Gasteiger partial charge is 0.407 e. The predicted molar refractivity (Wildman–Crippen MR) is 84.9 cm³/mol. The third-order valence-corrected chi connectivity index (χ3v) is 2.97. The van der Waals surface area contributed by atoms with Crippen LogP contribution in [0.2, 0.25) is 0 Å². The Morgan fingerprint density at radius 2 is 2.00 bits per heavy atom. The van der Waals surface area contributed by atoms with Gasteiger partial charge in [0.05, 0.1) is 17.6 Å². The maximum absolute atomic E-state index is 11.5. The van der Waals surface area contributed by atoms with Gasteiger partial charge in [0.15, 0.2) is 0 Å². The van der Waals surface area contributed by atoms with Crippen LogP contribution >= 0.6 is 0 Å². The van der Waals surface area contributed by atoms with Crippen molar-refractivity contribution in [1.29, 1.82) is 0 Å². The Morgan fingerprint density at radius 3 is 2.50 bits per heavy atom. The summed E-state index contributed by atoms with van der Waals surface area (Å²) < 4.78 is 9.97. The van der Waals surface area contributed by atoms with Gasteiger partial charge in [-0.3, -0.25) is 10.1 Å². The fourth-order valence-corrected chi connectivity index (χ4v) is 1.88. The molecule has 24 heavy (non-hydrogen) atoms. The standard InChI is InChI=1S/C15H22N2O7/c1-15(2,3)24-14(20)16-8-12(18)13(19)10-7-9(23-4)5-6-11(10)17(21)22/h5-7,12-13,18-19H,8H2,1-4H3,(H,16,20). The quantitative estimate of drug-likeness (QED) is 0.527. The zero-order valence-electron chi connectivity index (χ0n) is 14.0. The summed E-state index contributed by atoms with van der Waals surface area (Å²) in [5.41, 5.74) is -1.18. The first-order valence-electron chi connectivity index (χ1n) is 7.20. The fourth-order valence-electron chi connectivity index (χ4n) is 1.88. The topological polar surface area (TPSA) is 131 Å². The molecule has 0 saturated carbocycles. The summed E-state index contributed by atoms with van der Waals surface area (Å²) >= 11 is 0. The van der Waals surface area contributed by atoms with Crippen molar-refractivity contribution < 1.29 is 29.4 Å². The number of nitrogens with zero attached hydrogens (tertiary/aromatic N) is 1. The number of benzene rings is 1. The number of carbonyl (C=O) groups excluding carboxylic acids is 1. The molecule has 0 saturated heterocycles. The zero-order chi connectivity index (χ0) is 18.5. The van der Waals surface area contributed by atoms with E-state index in [2.05, 4.69) is 5.32 Å². The molecule has 0 aliphatic rings. The van der Waals surface area contributed by atoms with Gasteiger partial charge in [-0.2, -0.15) is 0 Å². The minimum absolute atomic E-state index is 0.113. The van der Waals surface area contributed by atoms with Gasteiger partial charge < -0.3 is 25.0 Å².